The van der Waals surface area contributed by atoms with Gasteiger partial charge in [0, 0.05) is 0 Å². The molecule has 0 unspecified atom stereocenters. The second kappa shape index (κ2) is 16.0. The average Bonchev–Trinajstić information content (AvgIpc) is 1.75. The van der Waals surface area contributed by atoms with Gasteiger partial charge in [-0.25, -0.2) is 0 Å². The minimum absolute atomic E-state index is 1.09. The van der Waals surface area contributed by atoms with Crippen molar-refractivity contribution in [2.75, 3.05) is 0 Å². The second-order valence-corrected chi connectivity index (χ2v) is 1.21. The summed E-state index contributed by atoms with van der Waals surface area (Å²) in [7, 11) is 0. The van der Waals surface area contributed by atoms with Gasteiger partial charge in [0.05, 0.1) is 0 Å². The van der Waals surface area contributed by atoms with E-state index in [-0.39, 0.29) is 0 Å². The van der Waals surface area contributed by atoms with Crippen LogP contribution < -0.4 is 0 Å². The molecule has 0 saturated carbocycles. The maximum atomic E-state index is 9.35. The maximum absolute atomic E-state index is 9.35. The van der Waals surface area contributed by atoms with Crippen LogP contribution in [0.1, 0.15) is 26.2 Å². The summed E-state index contributed by atoms with van der Waals surface area (Å²) in [5.41, 5.74) is 0. The number of unbranched alkanes of at least 4 members (excludes halogenated alkanes) is 2. The zero-order chi connectivity index (χ0) is 6.12. The van der Waals surface area contributed by atoms with Crippen molar-refractivity contribution in [3.63, 3.8) is 0 Å². The molecule has 0 heterocycles. The molecule has 0 N–H and O–H groups in total. The fourth-order valence-electron chi connectivity index (χ4n) is 0.250. The number of halogens is 1. The van der Waals surface area contributed by atoms with Gasteiger partial charge in [-0.15, -0.1) is 0 Å². The van der Waals surface area contributed by atoms with Gasteiger partial charge in [0.2, 0.25) is 0 Å². The van der Waals surface area contributed by atoms with E-state index >= 15 is 0 Å². The van der Waals surface area contributed by atoms with Gasteiger partial charge in [-0.1, -0.05) is 19.8 Å². The summed E-state index contributed by atoms with van der Waals surface area (Å²) in [6, 6.07) is 0. The van der Waals surface area contributed by atoms with Crippen molar-refractivity contribution in [3.8, 4) is 0 Å². The summed E-state index contributed by atoms with van der Waals surface area (Å²) >= 11 is 1.25. The van der Waals surface area contributed by atoms with E-state index in [9.17, 15) is 3.22 Å². The molecule has 0 spiro atoms. The Hall–Kier alpha value is 0.592. The summed E-state index contributed by atoms with van der Waals surface area (Å²) in [4.78, 5) is 0. The Bertz CT molecular complexity index is 15.6. The Kier molecular flexibility index (Phi) is 24.1. The van der Waals surface area contributed by atoms with Crippen LogP contribution in [0.5, 0.6) is 0 Å². The molecule has 0 saturated heterocycles. The molecular formula is C5H11FPd. The van der Waals surface area contributed by atoms with Crippen molar-refractivity contribution in [3.05, 3.63) is 6.92 Å². The standard InChI is InChI=1S/C5H11.FH.Pd/c1-3-5-4-2;;/h1,3-5H2,2H3;1H;/q-1;;+2/p-1. The van der Waals surface area contributed by atoms with Crippen molar-refractivity contribution >= 4 is 0 Å². The average molecular weight is 197 g/mol. The molecular weight excluding hydrogens is 185 g/mol. The van der Waals surface area contributed by atoms with E-state index in [0.29, 0.717) is 0 Å². The van der Waals surface area contributed by atoms with Crippen molar-refractivity contribution in [2.24, 2.45) is 0 Å². The van der Waals surface area contributed by atoms with Crippen molar-refractivity contribution in [1.29, 1.82) is 0 Å². The Morgan fingerprint density at radius 1 is 1.57 bits per heavy atom. The molecule has 0 radical (unpaired) electrons. The monoisotopic (exact) mass is 196 g/mol. The summed E-state index contributed by atoms with van der Waals surface area (Å²) in [5, 5.41) is 0. The zero-order valence-electron chi connectivity index (χ0n) is 4.52. The Morgan fingerprint density at radius 3 is 2.00 bits per heavy atom. The van der Waals surface area contributed by atoms with Crippen LogP contribution in [-0.2, 0) is 19.7 Å². The molecule has 0 bridgehead atoms. The van der Waals surface area contributed by atoms with Crippen molar-refractivity contribution < 1.29 is 22.9 Å². The molecule has 48 valence electrons. The molecule has 0 aromatic heterocycles. The van der Waals surface area contributed by atoms with Crippen LogP contribution in [0.15, 0.2) is 0 Å². The number of hydrogen-bond donors (Lipinski definition) is 0. The topological polar surface area (TPSA) is 0 Å². The third kappa shape index (κ3) is 20.7. The van der Waals surface area contributed by atoms with Gasteiger partial charge in [0.15, 0.2) is 0 Å². The van der Waals surface area contributed by atoms with Gasteiger partial charge < -0.3 is 6.92 Å². The zero-order valence-corrected chi connectivity index (χ0v) is 6.08. The van der Waals surface area contributed by atoms with Crippen LogP contribution >= 0.6 is 0 Å². The third-order valence-corrected chi connectivity index (χ3v) is 0.604. The molecule has 0 fully saturated rings. The first-order chi connectivity index (χ1) is 3.41. The van der Waals surface area contributed by atoms with E-state index < -0.39 is 0 Å². The molecule has 0 aromatic carbocycles. The Labute approximate surface area is 56.5 Å². The predicted octanol–water partition coefficient (Wildman–Crippen LogP) is 2.43. The summed E-state index contributed by atoms with van der Waals surface area (Å²) in [6.07, 6.45) is 3.65. The molecule has 7 heavy (non-hydrogen) atoms. The number of rotatable bonds is 2. The van der Waals surface area contributed by atoms with E-state index in [1.807, 2.05) is 0 Å². The van der Waals surface area contributed by atoms with E-state index in [1.54, 1.807) is 0 Å². The summed E-state index contributed by atoms with van der Waals surface area (Å²) in [6.45, 7) is 5.85. The van der Waals surface area contributed by atoms with Crippen LogP contribution in [0.25, 0.3) is 0 Å². The quantitative estimate of drug-likeness (QED) is 0.470. The van der Waals surface area contributed by atoms with Crippen molar-refractivity contribution in [2.45, 2.75) is 26.2 Å². The SMILES string of the molecule is [CH2-]CCCC.[F][Pd+]. The fraction of sp³-hybridized carbons (Fsp3) is 0.800. The Balaban J connectivity index is 0. The van der Waals surface area contributed by atoms with Crippen LogP contribution in [0, 0.1) is 6.92 Å². The van der Waals surface area contributed by atoms with Gasteiger partial charge >= 0.3 is 22.9 Å². The van der Waals surface area contributed by atoms with Crippen LogP contribution in [-0.4, -0.2) is 0 Å². The molecule has 0 nitrogen and oxygen atoms in total. The van der Waals surface area contributed by atoms with Gasteiger partial charge in [0.1, 0.15) is 0 Å². The van der Waals surface area contributed by atoms with Crippen LogP contribution in [0.2, 0.25) is 0 Å². The van der Waals surface area contributed by atoms with Crippen LogP contribution in [0.3, 0.4) is 0 Å². The third-order valence-electron chi connectivity index (χ3n) is 0.604. The molecule has 0 aliphatic heterocycles. The van der Waals surface area contributed by atoms with Crippen LogP contribution in [0.4, 0.5) is 3.22 Å². The molecule has 0 atom stereocenters. The summed E-state index contributed by atoms with van der Waals surface area (Å²) in [5.74, 6) is 0. The van der Waals surface area contributed by atoms with Gasteiger partial charge in [0.25, 0.3) is 0 Å². The number of hydrogen-bond acceptors (Lipinski definition) is 0. The molecule has 0 amide bonds. The van der Waals surface area contributed by atoms with Gasteiger partial charge in [-0.2, -0.15) is 6.42 Å². The predicted molar refractivity (Wildman–Crippen MR) is 26.0 cm³/mol. The Morgan fingerprint density at radius 2 is 2.00 bits per heavy atom. The fourth-order valence-corrected chi connectivity index (χ4v) is 0.250. The van der Waals surface area contributed by atoms with Gasteiger partial charge in [-0.05, 0) is 0 Å². The van der Waals surface area contributed by atoms with E-state index in [1.165, 1.54) is 32.6 Å². The normalized spacial score (nSPS) is 7.00. The molecule has 0 rings (SSSR count). The summed E-state index contributed by atoms with van der Waals surface area (Å²) < 4.78 is 9.35. The first-order valence-corrected chi connectivity index (χ1v) is 2.91. The minimum atomic E-state index is 1.09. The molecule has 0 aliphatic rings. The molecule has 0 aliphatic carbocycles. The first kappa shape index (κ1) is 10.6. The second-order valence-electron chi connectivity index (χ2n) is 1.21. The first-order valence-electron chi connectivity index (χ1n) is 2.33. The van der Waals surface area contributed by atoms with E-state index in [2.05, 4.69) is 13.8 Å². The van der Waals surface area contributed by atoms with Crippen molar-refractivity contribution in [1.82, 2.24) is 0 Å². The van der Waals surface area contributed by atoms with E-state index in [0.717, 1.165) is 6.42 Å². The molecule has 0 aromatic rings. The molecule has 2 heteroatoms. The van der Waals surface area contributed by atoms with E-state index in [4.69, 9.17) is 0 Å². The van der Waals surface area contributed by atoms with Gasteiger partial charge in [-0.3, -0.25) is 0 Å².